The number of fused-ring (bicyclic) bond motifs is 1. The van der Waals surface area contributed by atoms with Gasteiger partial charge in [0.05, 0.1) is 11.4 Å². The molecule has 1 amide bonds. The van der Waals surface area contributed by atoms with E-state index < -0.39 is 17.7 Å². The zero-order valence-corrected chi connectivity index (χ0v) is 10.5. The minimum atomic E-state index is -0.918. The van der Waals surface area contributed by atoms with Gasteiger partial charge in [0.15, 0.2) is 11.6 Å². The average molecular weight is 266 g/mol. The maximum Gasteiger partial charge on any atom is 0.247 e. The van der Waals surface area contributed by atoms with Gasteiger partial charge in [-0.25, -0.2) is 8.78 Å². The fourth-order valence-electron chi connectivity index (χ4n) is 3.03. The fourth-order valence-corrected chi connectivity index (χ4v) is 3.03. The highest BCUT2D eigenvalue weighted by Crippen LogP contribution is 2.36. The van der Waals surface area contributed by atoms with Gasteiger partial charge in [0.2, 0.25) is 5.91 Å². The SMILES string of the molecule is O=C1Nc2ccc(F)c(F)c2NC1C1CCCCC1. The highest BCUT2D eigenvalue weighted by molar-refractivity contribution is 6.03. The third-order valence-electron chi connectivity index (χ3n) is 4.06. The quantitative estimate of drug-likeness (QED) is 0.819. The fraction of sp³-hybridized carbons (Fsp3) is 0.500. The third-order valence-corrected chi connectivity index (χ3v) is 4.06. The number of carbonyl (C=O) groups is 1. The molecular formula is C14H16F2N2O. The second kappa shape index (κ2) is 4.79. The first-order valence-corrected chi connectivity index (χ1v) is 6.72. The Bertz CT molecular complexity index is 512. The van der Waals surface area contributed by atoms with E-state index in [1.54, 1.807) is 0 Å². The molecule has 0 radical (unpaired) electrons. The van der Waals surface area contributed by atoms with E-state index in [0.29, 0.717) is 5.69 Å². The molecule has 1 unspecified atom stereocenters. The Hall–Kier alpha value is -1.65. The molecule has 1 aromatic rings. The molecule has 102 valence electrons. The van der Waals surface area contributed by atoms with Crippen LogP contribution in [0.25, 0.3) is 0 Å². The number of benzene rings is 1. The molecule has 1 aromatic carbocycles. The van der Waals surface area contributed by atoms with Gasteiger partial charge < -0.3 is 10.6 Å². The molecule has 0 aromatic heterocycles. The van der Waals surface area contributed by atoms with Gasteiger partial charge in [-0.3, -0.25) is 4.79 Å². The highest BCUT2D eigenvalue weighted by Gasteiger charge is 2.34. The largest absolute Gasteiger partial charge is 0.369 e. The van der Waals surface area contributed by atoms with Crippen LogP contribution in [0.1, 0.15) is 32.1 Å². The van der Waals surface area contributed by atoms with Crippen molar-refractivity contribution < 1.29 is 13.6 Å². The molecule has 19 heavy (non-hydrogen) atoms. The van der Waals surface area contributed by atoms with Crippen LogP contribution in [-0.4, -0.2) is 11.9 Å². The average Bonchev–Trinajstić information content (AvgIpc) is 2.44. The molecule has 0 spiro atoms. The number of anilines is 2. The summed E-state index contributed by atoms with van der Waals surface area (Å²) in [5.41, 5.74) is 0.395. The predicted molar refractivity (Wildman–Crippen MR) is 69.0 cm³/mol. The van der Waals surface area contributed by atoms with Gasteiger partial charge in [-0.15, -0.1) is 0 Å². The topological polar surface area (TPSA) is 41.1 Å². The molecule has 2 aliphatic rings. The van der Waals surface area contributed by atoms with Crippen LogP contribution in [0.3, 0.4) is 0 Å². The van der Waals surface area contributed by atoms with Crippen LogP contribution < -0.4 is 10.6 Å². The Morgan fingerprint density at radius 2 is 1.84 bits per heavy atom. The van der Waals surface area contributed by atoms with Gasteiger partial charge in [0, 0.05) is 0 Å². The zero-order chi connectivity index (χ0) is 13.4. The Kier molecular flexibility index (Phi) is 3.12. The summed E-state index contributed by atoms with van der Waals surface area (Å²) in [7, 11) is 0. The predicted octanol–water partition coefficient (Wildman–Crippen LogP) is 3.28. The molecule has 1 aliphatic heterocycles. The van der Waals surface area contributed by atoms with Crippen LogP contribution in [0.2, 0.25) is 0 Å². The van der Waals surface area contributed by atoms with Crippen LogP contribution in [-0.2, 0) is 4.79 Å². The van der Waals surface area contributed by atoms with Crippen LogP contribution in [0.15, 0.2) is 12.1 Å². The lowest BCUT2D eigenvalue weighted by atomic mass is 9.82. The van der Waals surface area contributed by atoms with Gasteiger partial charge in [-0.05, 0) is 30.9 Å². The lowest BCUT2D eigenvalue weighted by Crippen LogP contribution is -2.45. The van der Waals surface area contributed by atoms with E-state index in [0.717, 1.165) is 31.7 Å². The summed E-state index contributed by atoms with van der Waals surface area (Å²) in [6, 6.07) is 1.95. The van der Waals surface area contributed by atoms with Crippen LogP contribution in [0.5, 0.6) is 0 Å². The van der Waals surface area contributed by atoms with E-state index in [1.807, 2.05) is 0 Å². The summed E-state index contributed by atoms with van der Waals surface area (Å²) in [4.78, 5) is 12.1. The molecule has 1 saturated carbocycles. The molecular weight excluding hydrogens is 250 g/mol. The van der Waals surface area contributed by atoms with Gasteiger partial charge in [-0.1, -0.05) is 19.3 Å². The van der Waals surface area contributed by atoms with E-state index in [9.17, 15) is 13.6 Å². The van der Waals surface area contributed by atoms with Gasteiger partial charge in [0.1, 0.15) is 6.04 Å². The van der Waals surface area contributed by atoms with Crippen LogP contribution >= 0.6 is 0 Å². The summed E-state index contributed by atoms with van der Waals surface area (Å²) >= 11 is 0. The van der Waals surface area contributed by atoms with Crippen molar-refractivity contribution >= 4 is 17.3 Å². The molecule has 1 atom stereocenters. The maximum atomic E-state index is 13.8. The molecule has 0 saturated heterocycles. The van der Waals surface area contributed by atoms with Crippen LogP contribution in [0.4, 0.5) is 20.2 Å². The second-order valence-corrected chi connectivity index (χ2v) is 5.29. The smallest absolute Gasteiger partial charge is 0.247 e. The van der Waals surface area contributed by atoms with Gasteiger partial charge >= 0.3 is 0 Å². The molecule has 1 fully saturated rings. The summed E-state index contributed by atoms with van der Waals surface area (Å²) in [6.07, 6.45) is 5.28. The molecule has 1 aliphatic carbocycles. The van der Waals surface area contributed by atoms with Gasteiger partial charge in [-0.2, -0.15) is 0 Å². The first-order valence-electron chi connectivity index (χ1n) is 6.72. The number of hydrogen-bond donors (Lipinski definition) is 2. The van der Waals surface area contributed by atoms with Crippen molar-refractivity contribution in [2.75, 3.05) is 10.6 Å². The maximum absolute atomic E-state index is 13.8. The Morgan fingerprint density at radius 1 is 1.11 bits per heavy atom. The number of amides is 1. The lowest BCUT2D eigenvalue weighted by Gasteiger charge is -2.34. The summed E-state index contributed by atoms with van der Waals surface area (Å²) in [5, 5.41) is 5.57. The Balaban J connectivity index is 1.89. The van der Waals surface area contributed by atoms with Crippen molar-refractivity contribution in [3.63, 3.8) is 0 Å². The van der Waals surface area contributed by atoms with Crippen molar-refractivity contribution in [3.8, 4) is 0 Å². The number of halogens is 2. The van der Waals surface area contributed by atoms with Crippen molar-refractivity contribution in [1.29, 1.82) is 0 Å². The lowest BCUT2D eigenvalue weighted by molar-refractivity contribution is -0.118. The second-order valence-electron chi connectivity index (χ2n) is 5.29. The third kappa shape index (κ3) is 2.17. The van der Waals surface area contributed by atoms with Crippen molar-refractivity contribution in [2.45, 2.75) is 38.1 Å². The standard InChI is InChI=1S/C14H16F2N2O/c15-9-6-7-10-13(11(9)16)18-12(14(19)17-10)8-4-2-1-3-5-8/h6-8,12,18H,1-5H2,(H,17,19). The summed E-state index contributed by atoms with van der Waals surface area (Å²) in [6.45, 7) is 0. The van der Waals surface area contributed by atoms with E-state index in [1.165, 1.54) is 12.5 Å². The van der Waals surface area contributed by atoms with E-state index >= 15 is 0 Å². The minimum absolute atomic E-state index is 0.0789. The first-order chi connectivity index (χ1) is 9.16. The Labute approximate surface area is 110 Å². The minimum Gasteiger partial charge on any atom is -0.369 e. The monoisotopic (exact) mass is 266 g/mol. The zero-order valence-electron chi connectivity index (χ0n) is 10.5. The molecule has 0 bridgehead atoms. The van der Waals surface area contributed by atoms with Crippen LogP contribution in [0, 0.1) is 17.6 Å². The molecule has 3 nitrogen and oxygen atoms in total. The number of hydrogen-bond acceptors (Lipinski definition) is 2. The highest BCUT2D eigenvalue weighted by atomic mass is 19.2. The Morgan fingerprint density at radius 3 is 2.58 bits per heavy atom. The van der Waals surface area contributed by atoms with Crippen molar-refractivity contribution in [2.24, 2.45) is 5.92 Å². The summed E-state index contributed by atoms with van der Waals surface area (Å²) in [5.74, 6) is -1.77. The molecule has 1 heterocycles. The van der Waals surface area contributed by atoms with Crippen molar-refractivity contribution in [1.82, 2.24) is 0 Å². The van der Waals surface area contributed by atoms with Gasteiger partial charge in [0.25, 0.3) is 0 Å². The number of nitrogens with one attached hydrogen (secondary N) is 2. The van der Waals surface area contributed by atoms with E-state index in [2.05, 4.69) is 10.6 Å². The molecule has 3 rings (SSSR count). The summed E-state index contributed by atoms with van der Waals surface area (Å²) < 4.78 is 27.0. The molecule has 5 heteroatoms. The number of rotatable bonds is 1. The first kappa shape index (κ1) is 12.4. The van der Waals surface area contributed by atoms with E-state index in [4.69, 9.17) is 0 Å². The normalized spacial score (nSPS) is 23.5. The number of carbonyl (C=O) groups excluding carboxylic acids is 1. The molecule has 2 N–H and O–H groups in total. The van der Waals surface area contributed by atoms with Crippen molar-refractivity contribution in [3.05, 3.63) is 23.8 Å². The van der Waals surface area contributed by atoms with E-state index in [-0.39, 0.29) is 17.5 Å².